The number of nitrogens with zero attached hydrogens (tertiary/aromatic N) is 1. The molecule has 3 atom stereocenters. The van der Waals surface area contributed by atoms with Crippen LogP contribution in [0.1, 0.15) is 31.7 Å². The molecular formula is C13H18FNO. The Hall–Kier alpha value is -0.960. The molecule has 0 spiro atoms. The lowest BCUT2D eigenvalue weighted by molar-refractivity contribution is 0.0519. The second-order valence-corrected chi connectivity index (χ2v) is 4.96. The maximum atomic E-state index is 13.0. The molecule has 1 aromatic heterocycles. The van der Waals surface area contributed by atoms with Gasteiger partial charge in [0.2, 0.25) is 0 Å². The molecule has 1 aliphatic rings. The van der Waals surface area contributed by atoms with Gasteiger partial charge in [0.1, 0.15) is 5.82 Å². The van der Waals surface area contributed by atoms with Crippen LogP contribution in [0.2, 0.25) is 0 Å². The van der Waals surface area contributed by atoms with Crippen LogP contribution in [0, 0.1) is 17.7 Å². The second kappa shape index (κ2) is 4.91. The number of halogens is 1. The van der Waals surface area contributed by atoms with Crippen LogP contribution in [0.5, 0.6) is 0 Å². The normalized spacial score (nSPS) is 30.3. The van der Waals surface area contributed by atoms with Crippen LogP contribution in [0.3, 0.4) is 0 Å². The van der Waals surface area contributed by atoms with Crippen molar-refractivity contribution in [1.29, 1.82) is 0 Å². The Kier molecular flexibility index (Phi) is 3.54. The van der Waals surface area contributed by atoms with Gasteiger partial charge in [-0.05, 0) is 49.1 Å². The molecule has 2 rings (SSSR count). The summed E-state index contributed by atoms with van der Waals surface area (Å²) in [4.78, 5) is 3.84. The first kappa shape index (κ1) is 11.5. The molecule has 2 nitrogen and oxygen atoms in total. The zero-order valence-corrected chi connectivity index (χ0v) is 9.56. The highest BCUT2D eigenvalue weighted by Gasteiger charge is 2.27. The molecular weight excluding hydrogens is 205 g/mol. The first-order valence-corrected chi connectivity index (χ1v) is 5.92. The molecule has 88 valence electrons. The van der Waals surface area contributed by atoms with Gasteiger partial charge in [0.05, 0.1) is 12.3 Å². The lowest BCUT2D eigenvalue weighted by Gasteiger charge is -2.31. The Morgan fingerprint density at radius 1 is 1.44 bits per heavy atom. The first-order valence-electron chi connectivity index (χ1n) is 5.92. The highest BCUT2D eigenvalue weighted by Crippen LogP contribution is 2.31. The minimum atomic E-state index is -0.296. The number of pyridine rings is 1. The summed E-state index contributed by atoms with van der Waals surface area (Å²) in [5.41, 5.74) is 0.887. The molecule has 3 heteroatoms. The minimum Gasteiger partial charge on any atom is -0.393 e. The quantitative estimate of drug-likeness (QED) is 0.835. The molecule has 3 unspecified atom stereocenters. The van der Waals surface area contributed by atoms with Crippen molar-refractivity contribution in [3.05, 3.63) is 29.8 Å². The number of hydrogen-bond acceptors (Lipinski definition) is 2. The van der Waals surface area contributed by atoms with Gasteiger partial charge >= 0.3 is 0 Å². The third kappa shape index (κ3) is 2.79. The van der Waals surface area contributed by atoms with E-state index in [1.807, 2.05) is 0 Å². The Balaban J connectivity index is 2.02. The second-order valence-electron chi connectivity index (χ2n) is 4.96. The van der Waals surface area contributed by atoms with E-state index in [0.29, 0.717) is 5.92 Å². The van der Waals surface area contributed by atoms with Gasteiger partial charge in [0.25, 0.3) is 0 Å². The maximum Gasteiger partial charge on any atom is 0.141 e. The molecule has 1 N–H and O–H groups in total. The van der Waals surface area contributed by atoms with Crippen molar-refractivity contribution in [2.24, 2.45) is 11.8 Å². The van der Waals surface area contributed by atoms with Crippen molar-refractivity contribution in [1.82, 2.24) is 4.98 Å². The van der Waals surface area contributed by atoms with Crippen LogP contribution in [0.4, 0.5) is 4.39 Å². The van der Waals surface area contributed by atoms with Crippen LogP contribution in [0.25, 0.3) is 0 Å². The molecule has 0 radical (unpaired) electrons. The van der Waals surface area contributed by atoms with Gasteiger partial charge in [-0.15, -0.1) is 0 Å². The summed E-state index contributed by atoms with van der Waals surface area (Å²) in [6, 6.07) is 1.51. The van der Waals surface area contributed by atoms with Crippen LogP contribution < -0.4 is 0 Å². The SMILES string of the molecule is CC1CCC(O)C(Cc2cncc(F)c2)C1. The van der Waals surface area contributed by atoms with E-state index >= 15 is 0 Å². The lowest BCUT2D eigenvalue weighted by atomic mass is 9.78. The summed E-state index contributed by atoms with van der Waals surface area (Å²) in [6.07, 6.45) is 6.39. The van der Waals surface area contributed by atoms with Crippen molar-refractivity contribution in [2.45, 2.75) is 38.7 Å². The lowest BCUT2D eigenvalue weighted by Crippen LogP contribution is -2.29. The van der Waals surface area contributed by atoms with Crippen LogP contribution in [-0.2, 0) is 6.42 Å². The first-order chi connectivity index (χ1) is 7.65. The van der Waals surface area contributed by atoms with Crippen LogP contribution in [-0.4, -0.2) is 16.2 Å². The van der Waals surface area contributed by atoms with Crippen molar-refractivity contribution >= 4 is 0 Å². The van der Waals surface area contributed by atoms with Crippen molar-refractivity contribution in [3.63, 3.8) is 0 Å². The van der Waals surface area contributed by atoms with Crippen molar-refractivity contribution in [3.8, 4) is 0 Å². The zero-order valence-electron chi connectivity index (χ0n) is 9.56. The molecule has 0 aromatic carbocycles. The molecule has 1 aliphatic carbocycles. The number of aromatic nitrogens is 1. The van der Waals surface area contributed by atoms with E-state index in [2.05, 4.69) is 11.9 Å². The molecule has 0 saturated heterocycles. The summed E-state index contributed by atoms with van der Waals surface area (Å²) in [5.74, 6) is 0.623. The average molecular weight is 223 g/mol. The molecule has 1 heterocycles. The largest absolute Gasteiger partial charge is 0.393 e. The van der Waals surface area contributed by atoms with E-state index in [9.17, 15) is 9.50 Å². The van der Waals surface area contributed by atoms with Gasteiger partial charge < -0.3 is 5.11 Å². The van der Waals surface area contributed by atoms with Gasteiger partial charge in [-0.3, -0.25) is 4.98 Å². The topological polar surface area (TPSA) is 33.1 Å². The van der Waals surface area contributed by atoms with Gasteiger partial charge in [0, 0.05) is 6.20 Å². The van der Waals surface area contributed by atoms with E-state index < -0.39 is 0 Å². The van der Waals surface area contributed by atoms with Gasteiger partial charge in [-0.1, -0.05) is 6.92 Å². The van der Waals surface area contributed by atoms with E-state index in [4.69, 9.17) is 0 Å². The Morgan fingerprint density at radius 3 is 3.00 bits per heavy atom. The average Bonchev–Trinajstić information content (AvgIpc) is 2.24. The highest BCUT2D eigenvalue weighted by atomic mass is 19.1. The fourth-order valence-electron chi connectivity index (χ4n) is 2.57. The smallest absolute Gasteiger partial charge is 0.141 e. The highest BCUT2D eigenvalue weighted by molar-refractivity contribution is 5.11. The van der Waals surface area contributed by atoms with Crippen molar-refractivity contribution in [2.75, 3.05) is 0 Å². The Bertz CT molecular complexity index is 356. The van der Waals surface area contributed by atoms with Crippen LogP contribution in [0.15, 0.2) is 18.5 Å². The predicted molar refractivity (Wildman–Crippen MR) is 60.4 cm³/mol. The van der Waals surface area contributed by atoms with Crippen LogP contribution >= 0.6 is 0 Å². The van der Waals surface area contributed by atoms with Crippen molar-refractivity contribution < 1.29 is 9.50 Å². The summed E-state index contributed by atoms with van der Waals surface area (Å²) in [6.45, 7) is 2.21. The van der Waals surface area contributed by atoms with E-state index in [1.54, 1.807) is 6.20 Å². The number of rotatable bonds is 2. The fourth-order valence-corrected chi connectivity index (χ4v) is 2.57. The summed E-state index contributed by atoms with van der Waals surface area (Å²) in [7, 11) is 0. The number of aliphatic hydroxyl groups excluding tert-OH is 1. The van der Waals surface area contributed by atoms with E-state index in [-0.39, 0.29) is 17.8 Å². The molecule has 1 fully saturated rings. The Labute approximate surface area is 95.5 Å². The van der Waals surface area contributed by atoms with Gasteiger partial charge in [-0.2, -0.15) is 0 Å². The molecule has 1 aromatic rings. The monoisotopic (exact) mass is 223 g/mol. The third-order valence-electron chi connectivity index (χ3n) is 3.46. The van der Waals surface area contributed by atoms with Gasteiger partial charge in [-0.25, -0.2) is 4.39 Å². The van der Waals surface area contributed by atoms with E-state index in [1.165, 1.54) is 12.3 Å². The fraction of sp³-hybridized carbons (Fsp3) is 0.615. The summed E-state index contributed by atoms with van der Waals surface area (Å²) in [5, 5.41) is 9.90. The third-order valence-corrected chi connectivity index (χ3v) is 3.46. The number of aliphatic hydroxyl groups is 1. The number of hydrogen-bond donors (Lipinski definition) is 1. The van der Waals surface area contributed by atoms with E-state index in [0.717, 1.165) is 31.2 Å². The molecule has 0 bridgehead atoms. The van der Waals surface area contributed by atoms with Gasteiger partial charge in [0.15, 0.2) is 0 Å². The molecule has 1 saturated carbocycles. The zero-order chi connectivity index (χ0) is 11.5. The summed E-state index contributed by atoms with van der Waals surface area (Å²) < 4.78 is 13.0. The maximum absolute atomic E-state index is 13.0. The molecule has 0 amide bonds. The standard InChI is InChI=1S/C13H18FNO/c1-9-2-3-13(16)11(4-9)5-10-6-12(14)8-15-7-10/h6-9,11,13,16H,2-5H2,1H3. The molecule has 16 heavy (non-hydrogen) atoms. The molecule has 0 aliphatic heterocycles. The minimum absolute atomic E-state index is 0.237. The predicted octanol–water partition coefficient (Wildman–Crippen LogP) is 2.56. The summed E-state index contributed by atoms with van der Waals surface area (Å²) >= 11 is 0. The Morgan fingerprint density at radius 2 is 2.25 bits per heavy atom.